The number of anilines is 1. The van der Waals surface area contributed by atoms with Crippen LogP contribution in [0.2, 0.25) is 5.02 Å². The summed E-state index contributed by atoms with van der Waals surface area (Å²) in [7, 11) is 3.06. The van der Waals surface area contributed by atoms with Crippen molar-refractivity contribution in [3.8, 4) is 11.5 Å². The second-order valence-electron chi connectivity index (χ2n) is 10.1. The largest absolute Gasteiger partial charge is 0.493 e. The summed E-state index contributed by atoms with van der Waals surface area (Å²) in [5.74, 6) is 2.71. The maximum absolute atomic E-state index is 13.5. The highest BCUT2D eigenvalue weighted by atomic mass is 35.5. The van der Waals surface area contributed by atoms with E-state index in [-0.39, 0.29) is 23.1 Å². The van der Waals surface area contributed by atoms with Crippen molar-refractivity contribution >= 4 is 29.1 Å². The molecule has 0 aliphatic heterocycles. The molecule has 4 fully saturated rings. The topological polar surface area (TPSA) is 76.7 Å². The van der Waals surface area contributed by atoms with Gasteiger partial charge in [0.15, 0.2) is 11.5 Å². The molecule has 0 unspecified atom stereocenters. The molecule has 1 aromatic rings. The molecule has 1 aromatic carbocycles. The highest BCUT2D eigenvalue weighted by molar-refractivity contribution is 6.34. The summed E-state index contributed by atoms with van der Waals surface area (Å²) in [6.07, 6.45) is 6.74. The first-order valence-electron chi connectivity index (χ1n) is 11.3. The van der Waals surface area contributed by atoms with E-state index < -0.39 is 6.04 Å². The number of hydrogen-bond donors (Lipinski definition) is 2. The Balaban J connectivity index is 1.49. The van der Waals surface area contributed by atoms with Crippen molar-refractivity contribution in [3.63, 3.8) is 0 Å². The molecule has 0 heterocycles. The van der Waals surface area contributed by atoms with Gasteiger partial charge in [-0.15, -0.1) is 0 Å². The third kappa shape index (κ3) is 4.23. The molecule has 0 radical (unpaired) electrons. The molecule has 4 bridgehead atoms. The zero-order valence-corrected chi connectivity index (χ0v) is 19.6. The normalized spacial score (nSPS) is 29.5. The lowest BCUT2D eigenvalue weighted by molar-refractivity contribution is -0.148. The average Bonchev–Trinajstić information content (AvgIpc) is 2.71. The van der Waals surface area contributed by atoms with Crippen molar-refractivity contribution < 1.29 is 19.1 Å². The summed E-state index contributed by atoms with van der Waals surface area (Å²) in [6.45, 7) is 3.89. The van der Waals surface area contributed by atoms with Crippen LogP contribution in [0, 0.1) is 29.1 Å². The van der Waals surface area contributed by atoms with Gasteiger partial charge in [-0.1, -0.05) is 25.4 Å². The minimum atomic E-state index is -0.635. The molecule has 4 aliphatic carbocycles. The molecule has 2 amide bonds. The van der Waals surface area contributed by atoms with E-state index in [2.05, 4.69) is 10.6 Å². The van der Waals surface area contributed by atoms with Gasteiger partial charge < -0.3 is 20.1 Å². The van der Waals surface area contributed by atoms with Gasteiger partial charge in [0, 0.05) is 17.5 Å². The lowest BCUT2D eigenvalue weighted by Crippen LogP contribution is -2.57. The van der Waals surface area contributed by atoms with Crippen LogP contribution in [-0.2, 0) is 9.59 Å². The number of carbonyl (C=O) groups excluding carboxylic acids is 2. The number of rotatable bonds is 7. The smallest absolute Gasteiger partial charge is 0.247 e. The van der Waals surface area contributed by atoms with Crippen LogP contribution < -0.4 is 20.1 Å². The first-order valence-corrected chi connectivity index (χ1v) is 11.7. The van der Waals surface area contributed by atoms with E-state index in [1.54, 1.807) is 12.1 Å². The minimum Gasteiger partial charge on any atom is -0.493 e. The van der Waals surface area contributed by atoms with Crippen LogP contribution in [0.1, 0.15) is 52.4 Å². The van der Waals surface area contributed by atoms with Crippen molar-refractivity contribution in [2.75, 3.05) is 19.5 Å². The van der Waals surface area contributed by atoms with Crippen molar-refractivity contribution in [1.29, 1.82) is 0 Å². The Hall–Kier alpha value is -1.95. The van der Waals surface area contributed by atoms with Crippen LogP contribution in [0.4, 0.5) is 5.69 Å². The molecule has 0 aromatic heterocycles. The lowest BCUT2D eigenvalue weighted by atomic mass is 9.49. The van der Waals surface area contributed by atoms with Gasteiger partial charge in [-0.3, -0.25) is 9.59 Å². The fraction of sp³-hybridized carbons (Fsp3) is 0.667. The first kappa shape index (κ1) is 22.3. The maximum atomic E-state index is 13.5. The maximum Gasteiger partial charge on any atom is 0.247 e. The van der Waals surface area contributed by atoms with Gasteiger partial charge in [0.05, 0.1) is 24.9 Å². The standard InChI is InChI=1S/C24H33ClN2O4/c1-13(2)21(22(28)26-18-9-20(31-4)19(30-3)8-17(18)25)27-23(29)24-10-14-5-15(11-24)7-16(6-14)12-24/h8-9,13-16,21H,5-7,10-12H2,1-4H3,(H,26,28)(H,27,29)/t14?,15?,16?,21-,24?/m0/s1. The van der Waals surface area contributed by atoms with Crippen molar-refractivity contribution in [3.05, 3.63) is 17.2 Å². The first-order chi connectivity index (χ1) is 14.7. The molecule has 4 aliphatic rings. The van der Waals surface area contributed by atoms with E-state index in [0.29, 0.717) is 40.0 Å². The third-order valence-electron chi connectivity index (χ3n) is 7.49. The Morgan fingerprint density at radius 2 is 1.52 bits per heavy atom. The Kier molecular flexibility index (Phi) is 6.12. The van der Waals surface area contributed by atoms with Crippen LogP contribution in [0.3, 0.4) is 0 Å². The van der Waals surface area contributed by atoms with Gasteiger partial charge in [-0.25, -0.2) is 0 Å². The molecule has 1 atom stereocenters. The zero-order valence-electron chi connectivity index (χ0n) is 18.8. The number of amides is 2. The van der Waals surface area contributed by atoms with E-state index in [9.17, 15) is 9.59 Å². The van der Waals surface area contributed by atoms with Crippen molar-refractivity contribution in [1.82, 2.24) is 5.32 Å². The van der Waals surface area contributed by atoms with Gasteiger partial charge in [-0.2, -0.15) is 0 Å². The quantitative estimate of drug-likeness (QED) is 0.636. The highest BCUT2D eigenvalue weighted by Gasteiger charge is 2.55. The molecule has 0 saturated heterocycles. The van der Waals surface area contributed by atoms with Gasteiger partial charge >= 0.3 is 0 Å². The number of nitrogens with one attached hydrogen (secondary N) is 2. The molecule has 2 N–H and O–H groups in total. The number of halogens is 1. The molecule has 6 nitrogen and oxygen atoms in total. The summed E-state index contributed by atoms with van der Waals surface area (Å²) >= 11 is 6.34. The molecule has 170 valence electrons. The molecule has 5 rings (SSSR count). The van der Waals surface area contributed by atoms with E-state index in [1.165, 1.54) is 33.5 Å². The summed E-state index contributed by atoms with van der Waals surface area (Å²) in [5.41, 5.74) is 0.141. The minimum absolute atomic E-state index is 0.0545. The monoisotopic (exact) mass is 448 g/mol. The van der Waals surface area contributed by atoms with Crippen LogP contribution in [-0.4, -0.2) is 32.1 Å². The molecule has 31 heavy (non-hydrogen) atoms. The fourth-order valence-corrected chi connectivity index (χ4v) is 6.58. The fourth-order valence-electron chi connectivity index (χ4n) is 6.38. The predicted octanol–water partition coefficient (Wildman–Crippen LogP) is 4.65. The Morgan fingerprint density at radius 1 is 1.00 bits per heavy atom. The molecule has 0 spiro atoms. The van der Waals surface area contributed by atoms with Crippen molar-refractivity contribution in [2.45, 2.75) is 58.4 Å². The second kappa shape index (κ2) is 8.53. The summed E-state index contributed by atoms with van der Waals surface area (Å²) in [4.78, 5) is 26.6. The Morgan fingerprint density at radius 3 is 2.00 bits per heavy atom. The Bertz CT molecular complexity index is 834. The number of carbonyl (C=O) groups is 2. The SMILES string of the molecule is COc1cc(Cl)c(NC(=O)[C@@H](NC(=O)C23CC4CC(CC(C4)C2)C3)C(C)C)cc1OC. The van der Waals surface area contributed by atoms with Crippen molar-refractivity contribution in [2.24, 2.45) is 29.1 Å². The van der Waals surface area contributed by atoms with E-state index in [1.807, 2.05) is 13.8 Å². The second-order valence-corrected chi connectivity index (χ2v) is 10.5. The van der Waals surface area contributed by atoms with Crippen LogP contribution in [0.25, 0.3) is 0 Å². The summed E-state index contributed by atoms with van der Waals surface area (Å²) < 4.78 is 10.6. The molecule has 4 saturated carbocycles. The summed E-state index contributed by atoms with van der Waals surface area (Å²) in [5, 5.41) is 6.34. The van der Waals surface area contributed by atoms with Gasteiger partial charge in [0.25, 0.3) is 0 Å². The van der Waals surface area contributed by atoms with E-state index in [0.717, 1.165) is 19.3 Å². The Labute approximate surface area is 189 Å². The van der Waals surface area contributed by atoms with E-state index in [4.69, 9.17) is 21.1 Å². The third-order valence-corrected chi connectivity index (χ3v) is 7.80. The lowest BCUT2D eigenvalue weighted by Gasteiger charge is -2.55. The number of hydrogen-bond acceptors (Lipinski definition) is 4. The predicted molar refractivity (Wildman–Crippen MR) is 121 cm³/mol. The zero-order chi connectivity index (χ0) is 22.3. The van der Waals surface area contributed by atoms with Gasteiger partial charge in [-0.05, 0) is 62.2 Å². The van der Waals surface area contributed by atoms with Crippen LogP contribution >= 0.6 is 11.6 Å². The highest BCUT2D eigenvalue weighted by Crippen LogP contribution is 2.60. The average molecular weight is 449 g/mol. The van der Waals surface area contributed by atoms with Crippen LogP contribution in [0.15, 0.2) is 12.1 Å². The molecular weight excluding hydrogens is 416 g/mol. The number of methoxy groups -OCH3 is 2. The molecular formula is C24H33ClN2O4. The van der Waals surface area contributed by atoms with Crippen LogP contribution in [0.5, 0.6) is 11.5 Å². The number of ether oxygens (including phenoxy) is 2. The number of benzene rings is 1. The van der Waals surface area contributed by atoms with Gasteiger partial charge in [0.1, 0.15) is 6.04 Å². The summed E-state index contributed by atoms with van der Waals surface area (Å²) in [6, 6.07) is 2.61. The van der Waals surface area contributed by atoms with E-state index >= 15 is 0 Å². The van der Waals surface area contributed by atoms with Gasteiger partial charge in [0.2, 0.25) is 11.8 Å². The molecule has 7 heteroatoms.